The molecule has 1 aromatic heterocycles. The Labute approximate surface area is 178 Å². The summed E-state index contributed by atoms with van der Waals surface area (Å²) in [5.41, 5.74) is 2.94. The fourth-order valence-electron chi connectivity index (χ4n) is 4.63. The Morgan fingerprint density at radius 1 is 1.10 bits per heavy atom. The van der Waals surface area contributed by atoms with E-state index in [1.807, 2.05) is 67.8 Å². The Morgan fingerprint density at radius 3 is 2.60 bits per heavy atom. The maximum atomic E-state index is 12.6. The molecule has 1 amide bonds. The van der Waals surface area contributed by atoms with E-state index in [4.69, 9.17) is 0 Å². The lowest BCUT2D eigenvalue weighted by atomic mass is 9.88. The van der Waals surface area contributed by atoms with Gasteiger partial charge in [-0.05, 0) is 49.7 Å². The summed E-state index contributed by atoms with van der Waals surface area (Å²) in [5, 5.41) is 18.1. The zero-order valence-corrected chi connectivity index (χ0v) is 17.6. The van der Waals surface area contributed by atoms with Crippen LogP contribution in [0.25, 0.3) is 10.9 Å². The minimum atomic E-state index is -0.571. The number of aromatic nitrogens is 1. The lowest BCUT2D eigenvalue weighted by molar-refractivity contribution is -0.120. The topological polar surface area (TPSA) is 66.3 Å². The third-order valence-electron chi connectivity index (χ3n) is 6.18. The van der Waals surface area contributed by atoms with Crippen LogP contribution in [-0.2, 0) is 4.79 Å². The van der Waals surface area contributed by atoms with E-state index in [9.17, 15) is 9.90 Å². The van der Waals surface area contributed by atoms with Crippen molar-refractivity contribution < 1.29 is 9.90 Å². The minimum absolute atomic E-state index is 0.137. The number of hydrogen-bond acceptors (Lipinski definition) is 3. The molecule has 5 nitrogen and oxygen atoms in total. The van der Waals surface area contributed by atoms with E-state index in [2.05, 4.69) is 15.2 Å². The Kier molecular flexibility index (Phi) is 6.50. The predicted molar refractivity (Wildman–Crippen MR) is 122 cm³/mol. The highest BCUT2D eigenvalue weighted by Crippen LogP contribution is 2.30. The van der Waals surface area contributed by atoms with Crippen molar-refractivity contribution in [3.05, 3.63) is 66.4 Å². The molecule has 1 aliphatic rings. The van der Waals surface area contributed by atoms with Gasteiger partial charge in [0.1, 0.15) is 0 Å². The molecular formula is C25H31N3O2. The molecular weight excluding hydrogens is 374 g/mol. The van der Waals surface area contributed by atoms with E-state index in [0.29, 0.717) is 6.54 Å². The van der Waals surface area contributed by atoms with E-state index in [1.54, 1.807) is 0 Å². The second-order valence-electron chi connectivity index (χ2n) is 8.30. The molecule has 2 unspecified atom stereocenters. The standard InChI is InChI=1S/C25H31N3O2/c1-26-17-23(29)24(18-8-4-2-5-9-18)28-15-14-20-16-21(12-13-22(20)28)27-25(30)19-10-6-3-7-11-19/h2,4-5,8-9,12-16,19,23-24,26,29H,3,6-7,10-11,17H2,1H3,(H,27,30). The summed E-state index contributed by atoms with van der Waals surface area (Å²) < 4.78 is 2.12. The molecule has 4 rings (SSSR count). The molecule has 1 aliphatic carbocycles. The van der Waals surface area contributed by atoms with Crippen molar-refractivity contribution >= 4 is 22.5 Å². The Bertz CT molecular complexity index is 976. The molecule has 0 aliphatic heterocycles. The highest BCUT2D eigenvalue weighted by molar-refractivity contribution is 5.95. The molecule has 3 aromatic rings. The monoisotopic (exact) mass is 405 g/mol. The fraction of sp³-hybridized carbons (Fsp3) is 0.400. The number of rotatable bonds is 7. The molecule has 0 spiro atoms. The molecule has 0 radical (unpaired) electrons. The van der Waals surface area contributed by atoms with Gasteiger partial charge in [0.05, 0.1) is 12.1 Å². The normalized spacial score (nSPS) is 17.0. The molecule has 1 fully saturated rings. The van der Waals surface area contributed by atoms with Crippen molar-refractivity contribution in [2.24, 2.45) is 5.92 Å². The van der Waals surface area contributed by atoms with Crippen LogP contribution in [0.5, 0.6) is 0 Å². The number of hydrogen-bond donors (Lipinski definition) is 3. The summed E-state index contributed by atoms with van der Waals surface area (Å²) in [6, 6.07) is 18.0. The maximum absolute atomic E-state index is 12.6. The first-order valence-electron chi connectivity index (χ1n) is 11.0. The second kappa shape index (κ2) is 9.45. The summed E-state index contributed by atoms with van der Waals surface area (Å²) in [7, 11) is 1.85. The predicted octanol–water partition coefficient (Wildman–Crippen LogP) is 4.33. The number of carbonyl (C=O) groups is 1. The van der Waals surface area contributed by atoms with Gasteiger partial charge in [-0.1, -0.05) is 49.6 Å². The van der Waals surface area contributed by atoms with Crippen LogP contribution in [0.4, 0.5) is 5.69 Å². The van der Waals surface area contributed by atoms with Crippen molar-refractivity contribution in [3.63, 3.8) is 0 Å². The van der Waals surface area contributed by atoms with Crippen molar-refractivity contribution in [3.8, 4) is 0 Å². The average molecular weight is 406 g/mol. The first-order valence-corrected chi connectivity index (χ1v) is 11.0. The van der Waals surface area contributed by atoms with Crippen LogP contribution in [0.15, 0.2) is 60.8 Å². The van der Waals surface area contributed by atoms with Gasteiger partial charge in [0.15, 0.2) is 0 Å². The largest absolute Gasteiger partial charge is 0.389 e. The number of fused-ring (bicyclic) bond motifs is 1. The lowest BCUT2D eigenvalue weighted by Gasteiger charge is -2.26. The number of anilines is 1. The number of benzene rings is 2. The minimum Gasteiger partial charge on any atom is -0.389 e. The third kappa shape index (κ3) is 4.42. The molecule has 3 N–H and O–H groups in total. The van der Waals surface area contributed by atoms with Gasteiger partial charge in [-0.3, -0.25) is 4.79 Å². The number of aliphatic hydroxyl groups is 1. The summed E-state index contributed by atoms with van der Waals surface area (Å²) >= 11 is 0. The summed E-state index contributed by atoms with van der Waals surface area (Å²) in [6.45, 7) is 0.495. The molecule has 30 heavy (non-hydrogen) atoms. The van der Waals surface area contributed by atoms with Gasteiger partial charge in [0.2, 0.25) is 5.91 Å². The average Bonchev–Trinajstić information content (AvgIpc) is 3.18. The van der Waals surface area contributed by atoms with Crippen molar-refractivity contribution in [1.82, 2.24) is 9.88 Å². The van der Waals surface area contributed by atoms with E-state index in [1.165, 1.54) is 6.42 Å². The number of aliphatic hydroxyl groups excluding tert-OH is 1. The second-order valence-corrected chi connectivity index (χ2v) is 8.30. The van der Waals surface area contributed by atoms with Crippen LogP contribution in [0.1, 0.15) is 43.7 Å². The lowest BCUT2D eigenvalue weighted by Crippen LogP contribution is -2.33. The van der Waals surface area contributed by atoms with E-state index < -0.39 is 6.10 Å². The summed E-state index contributed by atoms with van der Waals surface area (Å²) in [5.74, 6) is 0.276. The van der Waals surface area contributed by atoms with Gasteiger partial charge in [-0.2, -0.15) is 0 Å². The van der Waals surface area contributed by atoms with Crippen molar-refractivity contribution in [1.29, 1.82) is 0 Å². The fourth-order valence-corrected chi connectivity index (χ4v) is 4.63. The first-order chi connectivity index (χ1) is 14.7. The van der Waals surface area contributed by atoms with Gasteiger partial charge >= 0.3 is 0 Å². The highest BCUT2D eigenvalue weighted by Gasteiger charge is 2.24. The number of nitrogens with zero attached hydrogens (tertiary/aromatic N) is 1. The molecule has 158 valence electrons. The first kappa shape index (κ1) is 20.6. The summed E-state index contributed by atoms with van der Waals surface area (Å²) in [4.78, 5) is 12.6. The summed E-state index contributed by atoms with van der Waals surface area (Å²) in [6.07, 6.45) is 6.97. The van der Waals surface area contributed by atoms with Crippen LogP contribution in [0.2, 0.25) is 0 Å². The van der Waals surface area contributed by atoms with Crippen LogP contribution in [-0.4, -0.2) is 35.3 Å². The van der Waals surface area contributed by atoms with Gasteiger partial charge in [-0.15, -0.1) is 0 Å². The van der Waals surface area contributed by atoms with Crippen LogP contribution in [0, 0.1) is 5.92 Å². The maximum Gasteiger partial charge on any atom is 0.227 e. The molecule has 0 bridgehead atoms. The van der Waals surface area contributed by atoms with Gasteiger partial charge in [-0.25, -0.2) is 0 Å². The molecule has 0 saturated heterocycles. The Morgan fingerprint density at radius 2 is 1.87 bits per heavy atom. The zero-order valence-electron chi connectivity index (χ0n) is 17.6. The molecule has 2 atom stereocenters. The Hall–Kier alpha value is -2.63. The van der Waals surface area contributed by atoms with Gasteiger partial charge < -0.3 is 20.3 Å². The van der Waals surface area contributed by atoms with Crippen LogP contribution >= 0.6 is 0 Å². The molecule has 2 aromatic carbocycles. The smallest absolute Gasteiger partial charge is 0.227 e. The number of carbonyl (C=O) groups excluding carboxylic acids is 1. The number of nitrogens with one attached hydrogen (secondary N) is 2. The van der Waals surface area contributed by atoms with Gasteiger partial charge in [0.25, 0.3) is 0 Å². The van der Waals surface area contributed by atoms with E-state index in [-0.39, 0.29) is 17.9 Å². The number of likely N-dealkylation sites (N-methyl/N-ethyl adjacent to an activating group) is 1. The van der Waals surface area contributed by atoms with Crippen LogP contribution in [0.3, 0.4) is 0 Å². The Balaban J connectivity index is 1.61. The van der Waals surface area contributed by atoms with Gasteiger partial charge in [0, 0.05) is 35.2 Å². The van der Waals surface area contributed by atoms with Crippen molar-refractivity contribution in [2.75, 3.05) is 18.9 Å². The molecule has 1 saturated carbocycles. The van der Waals surface area contributed by atoms with E-state index in [0.717, 1.165) is 47.8 Å². The highest BCUT2D eigenvalue weighted by atomic mass is 16.3. The molecule has 5 heteroatoms. The molecule has 1 heterocycles. The van der Waals surface area contributed by atoms with Crippen LogP contribution < -0.4 is 10.6 Å². The quantitative estimate of drug-likeness (QED) is 0.548. The van der Waals surface area contributed by atoms with Crippen molar-refractivity contribution in [2.45, 2.75) is 44.2 Å². The third-order valence-corrected chi connectivity index (χ3v) is 6.18. The SMILES string of the molecule is CNCC(O)C(c1ccccc1)n1ccc2cc(NC(=O)C3CCCCC3)ccc21. The number of amides is 1. The zero-order chi connectivity index (χ0) is 20.9. The van der Waals surface area contributed by atoms with E-state index >= 15 is 0 Å².